The summed E-state index contributed by atoms with van der Waals surface area (Å²) in [6.45, 7) is 0. The van der Waals surface area contributed by atoms with Crippen molar-refractivity contribution in [3.63, 3.8) is 0 Å². The molecule has 0 saturated carbocycles. The second-order valence-corrected chi connectivity index (χ2v) is 13.9. The third-order valence-corrected chi connectivity index (χ3v) is 11.5. The topological polar surface area (TPSA) is 0 Å². The summed E-state index contributed by atoms with van der Waals surface area (Å²) in [4.78, 5) is 5.35. The van der Waals surface area contributed by atoms with Gasteiger partial charge in [-0.1, -0.05) is 133 Å². The van der Waals surface area contributed by atoms with Gasteiger partial charge < -0.3 is 0 Å². The SMILES string of the molecule is c1ccc2cc(-c3ccc4c(c3)Sc3ccc5c6c(ccc-4c36)-c3ccc(-c4ccc6ccccc6c4)cc3S5)ccc2c1. The summed E-state index contributed by atoms with van der Waals surface area (Å²) in [7, 11) is 0. The van der Waals surface area contributed by atoms with Crippen LogP contribution in [-0.4, -0.2) is 0 Å². The van der Waals surface area contributed by atoms with E-state index in [9.17, 15) is 0 Å². The van der Waals surface area contributed by atoms with E-state index >= 15 is 0 Å². The highest BCUT2D eigenvalue weighted by molar-refractivity contribution is 8.00. The first-order valence-corrected chi connectivity index (χ1v) is 16.6. The maximum absolute atomic E-state index is 2.38. The fourth-order valence-corrected chi connectivity index (χ4v) is 9.37. The van der Waals surface area contributed by atoms with Crippen molar-refractivity contribution >= 4 is 55.8 Å². The number of hydrogen-bond acceptors (Lipinski definition) is 2. The summed E-state index contributed by atoms with van der Waals surface area (Å²) in [6, 6.07) is 54.2. The molecule has 8 aromatic rings. The van der Waals surface area contributed by atoms with Crippen LogP contribution in [0.25, 0.3) is 76.8 Å². The molecule has 0 radical (unpaired) electrons. The summed E-state index contributed by atoms with van der Waals surface area (Å²) in [5.74, 6) is 0. The Hall–Kier alpha value is -4.76. The number of hydrogen-bond donors (Lipinski definition) is 0. The number of fused-ring (bicyclic) bond motifs is 6. The van der Waals surface area contributed by atoms with E-state index in [0.29, 0.717) is 0 Å². The summed E-state index contributed by atoms with van der Waals surface area (Å²) in [5, 5.41) is 7.91. The minimum Gasteiger partial charge on any atom is -0.0887 e. The average Bonchev–Trinajstić information content (AvgIpc) is 3.09. The second kappa shape index (κ2) is 9.37. The lowest BCUT2D eigenvalue weighted by Gasteiger charge is -2.27. The van der Waals surface area contributed by atoms with Crippen LogP contribution in [0.15, 0.2) is 165 Å². The summed E-state index contributed by atoms with van der Waals surface area (Å²) in [5.41, 5.74) is 10.4. The van der Waals surface area contributed by atoms with E-state index in [4.69, 9.17) is 0 Å². The zero-order valence-corrected chi connectivity index (χ0v) is 25.3. The van der Waals surface area contributed by atoms with Crippen LogP contribution >= 0.6 is 23.5 Å². The Morgan fingerprint density at radius 3 is 1.14 bits per heavy atom. The molecular formula is C42H24S2. The first-order chi connectivity index (χ1) is 21.8. The average molecular weight is 593 g/mol. The number of benzene rings is 8. The van der Waals surface area contributed by atoms with Crippen molar-refractivity contribution < 1.29 is 0 Å². The van der Waals surface area contributed by atoms with Gasteiger partial charge in [0.1, 0.15) is 0 Å². The van der Waals surface area contributed by atoms with Crippen molar-refractivity contribution in [1.29, 1.82) is 0 Å². The van der Waals surface area contributed by atoms with E-state index in [2.05, 4.69) is 146 Å². The minimum atomic E-state index is 1.26. The van der Waals surface area contributed by atoms with Gasteiger partial charge in [0.2, 0.25) is 0 Å². The molecule has 2 aliphatic heterocycles. The van der Waals surface area contributed by atoms with Crippen LogP contribution in [0.1, 0.15) is 0 Å². The standard InChI is InChI=1S/C42H24S2/c1-3-7-27-21-29(11-9-25(27)5-1)31-13-15-33-35-17-18-36-34-16-14-32(30-12-10-26-6-2-4-8-28(26)22-30)24-40(34)44-38-20-19-37(41(35)42(36)38)43-39(33)23-31/h1-24H. The smallest absolute Gasteiger partial charge is 0.0208 e. The van der Waals surface area contributed by atoms with Crippen molar-refractivity contribution in [2.75, 3.05) is 0 Å². The van der Waals surface area contributed by atoms with Crippen LogP contribution in [0.4, 0.5) is 0 Å². The van der Waals surface area contributed by atoms with Gasteiger partial charge in [0.25, 0.3) is 0 Å². The van der Waals surface area contributed by atoms with Crippen LogP contribution in [0.3, 0.4) is 0 Å². The summed E-state index contributed by atoms with van der Waals surface area (Å²) in [6.07, 6.45) is 0. The highest BCUT2D eigenvalue weighted by atomic mass is 32.2. The van der Waals surface area contributed by atoms with Crippen molar-refractivity contribution in [3.8, 4) is 44.5 Å². The fraction of sp³-hybridized carbons (Fsp3) is 0. The molecule has 0 N–H and O–H groups in total. The Bertz CT molecular complexity index is 2330. The van der Waals surface area contributed by atoms with Crippen molar-refractivity contribution in [2.24, 2.45) is 0 Å². The summed E-state index contributed by atoms with van der Waals surface area (Å²) >= 11 is 3.82. The monoisotopic (exact) mass is 592 g/mol. The predicted octanol–water partition coefficient (Wildman–Crippen LogP) is 12.7. The van der Waals surface area contributed by atoms with Gasteiger partial charge in [0, 0.05) is 30.4 Å². The third-order valence-electron chi connectivity index (χ3n) is 9.23. The van der Waals surface area contributed by atoms with E-state index in [1.165, 1.54) is 96.4 Å². The van der Waals surface area contributed by atoms with Gasteiger partial charge in [0.15, 0.2) is 0 Å². The molecule has 0 fully saturated rings. The zero-order chi connectivity index (χ0) is 28.8. The van der Waals surface area contributed by atoms with Gasteiger partial charge in [-0.25, -0.2) is 0 Å². The zero-order valence-electron chi connectivity index (χ0n) is 23.7. The van der Waals surface area contributed by atoms with E-state index in [1.807, 2.05) is 23.5 Å². The molecule has 0 unspecified atom stereocenters. The van der Waals surface area contributed by atoms with Gasteiger partial charge in [-0.3, -0.25) is 0 Å². The lowest BCUT2D eigenvalue weighted by molar-refractivity contribution is 1.34. The molecule has 2 heterocycles. The Kier molecular flexibility index (Phi) is 5.25. The largest absolute Gasteiger partial charge is 0.0887 e. The van der Waals surface area contributed by atoms with Gasteiger partial charge in [-0.05, 0) is 102 Å². The first kappa shape index (κ1) is 24.7. The minimum absolute atomic E-state index is 1.26. The van der Waals surface area contributed by atoms with Crippen molar-refractivity contribution in [1.82, 2.24) is 0 Å². The molecule has 0 amide bonds. The molecule has 0 saturated heterocycles. The van der Waals surface area contributed by atoms with Crippen molar-refractivity contribution in [3.05, 3.63) is 146 Å². The Morgan fingerprint density at radius 2 is 0.659 bits per heavy atom. The molecule has 0 aromatic heterocycles. The third kappa shape index (κ3) is 3.68. The predicted molar refractivity (Wildman–Crippen MR) is 189 cm³/mol. The number of rotatable bonds is 2. The molecule has 0 nitrogen and oxygen atoms in total. The molecule has 0 spiro atoms. The normalized spacial score (nSPS) is 12.8. The lowest BCUT2D eigenvalue weighted by Crippen LogP contribution is -1.99. The first-order valence-electron chi connectivity index (χ1n) is 15.0. The van der Waals surface area contributed by atoms with Crippen molar-refractivity contribution in [2.45, 2.75) is 19.6 Å². The van der Waals surface area contributed by atoms with Gasteiger partial charge in [0.05, 0.1) is 0 Å². The van der Waals surface area contributed by atoms with Crippen LogP contribution in [0.5, 0.6) is 0 Å². The van der Waals surface area contributed by atoms with Crippen LogP contribution in [-0.2, 0) is 0 Å². The quantitative estimate of drug-likeness (QED) is 0.196. The molecule has 44 heavy (non-hydrogen) atoms. The molecule has 0 aliphatic carbocycles. The van der Waals surface area contributed by atoms with E-state index < -0.39 is 0 Å². The molecule has 10 rings (SSSR count). The Labute approximate surface area is 264 Å². The van der Waals surface area contributed by atoms with Crippen LogP contribution < -0.4 is 0 Å². The molecular weight excluding hydrogens is 569 g/mol. The van der Waals surface area contributed by atoms with E-state index in [-0.39, 0.29) is 0 Å². The molecule has 0 bridgehead atoms. The van der Waals surface area contributed by atoms with E-state index in [0.717, 1.165) is 0 Å². The fourth-order valence-electron chi connectivity index (χ4n) is 7.04. The summed E-state index contributed by atoms with van der Waals surface area (Å²) < 4.78 is 0. The Morgan fingerprint density at radius 1 is 0.273 bits per heavy atom. The van der Waals surface area contributed by atoms with E-state index in [1.54, 1.807) is 0 Å². The lowest BCUT2D eigenvalue weighted by atomic mass is 9.90. The molecule has 8 aromatic carbocycles. The maximum Gasteiger partial charge on any atom is 0.0208 e. The highest BCUT2D eigenvalue weighted by Crippen LogP contribution is 2.56. The molecule has 2 heteroatoms. The second-order valence-electron chi connectivity index (χ2n) is 11.7. The molecule has 0 atom stereocenters. The highest BCUT2D eigenvalue weighted by Gasteiger charge is 2.27. The maximum atomic E-state index is 2.38. The molecule has 2 aliphatic rings. The van der Waals surface area contributed by atoms with Gasteiger partial charge in [-0.2, -0.15) is 0 Å². The van der Waals surface area contributed by atoms with Gasteiger partial charge >= 0.3 is 0 Å². The van der Waals surface area contributed by atoms with Crippen LogP contribution in [0, 0.1) is 0 Å². The Balaban J connectivity index is 1.08. The van der Waals surface area contributed by atoms with Gasteiger partial charge in [-0.15, -0.1) is 0 Å². The molecule has 204 valence electrons. The van der Waals surface area contributed by atoms with Crippen LogP contribution in [0.2, 0.25) is 0 Å².